The number of nitrogens with one attached hydrogen (secondary N) is 1. The fourth-order valence-electron chi connectivity index (χ4n) is 2.58. The topological polar surface area (TPSA) is 79.3 Å². The monoisotopic (exact) mass is 262 g/mol. The molecule has 1 aromatic heterocycles. The molecule has 0 aliphatic heterocycles. The summed E-state index contributed by atoms with van der Waals surface area (Å²) in [6.45, 7) is 4.15. The standard InChI is InChI=1S/C14H18N2O3/c1-14(2)10(11(14)13(18)19)12(17)16-8-5-9-3-6-15-7-4-9/h3-4,6-7,10-11H,5,8H2,1-2H3,(H,16,17)(H,18,19). The molecular formula is C14H18N2O3. The van der Waals surface area contributed by atoms with Crippen LogP contribution in [0.5, 0.6) is 0 Å². The molecule has 1 aliphatic rings. The molecule has 19 heavy (non-hydrogen) atoms. The maximum atomic E-state index is 11.9. The fraction of sp³-hybridized carbons (Fsp3) is 0.500. The number of amides is 1. The summed E-state index contributed by atoms with van der Waals surface area (Å²) in [5, 5.41) is 11.8. The Balaban J connectivity index is 1.82. The highest BCUT2D eigenvalue weighted by Crippen LogP contribution is 2.58. The maximum Gasteiger partial charge on any atom is 0.307 e. The first-order valence-electron chi connectivity index (χ1n) is 6.34. The van der Waals surface area contributed by atoms with Gasteiger partial charge >= 0.3 is 5.97 Å². The van der Waals surface area contributed by atoms with Crippen molar-refractivity contribution < 1.29 is 14.7 Å². The van der Waals surface area contributed by atoms with Crippen molar-refractivity contribution >= 4 is 11.9 Å². The van der Waals surface area contributed by atoms with E-state index in [4.69, 9.17) is 5.11 Å². The Morgan fingerprint density at radius 2 is 1.95 bits per heavy atom. The van der Waals surface area contributed by atoms with Crippen LogP contribution in [0.3, 0.4) is 0 Å². The highest BCUT2D eigenvalue weighted by molar-refractivity contribution is 5.91. The van der Waals surface area contributed by atoms with Gasteiger partial charge in [0.2, 0.25) is 5.91 Å². The summed E-state index contributed by atoms with van der Waals surface area (Å²) in [5.74, 6) is -2.03. The number of hydrogen-bond donors (Lipinski definition) is 2. The first kappa shape index (κ1) is 13.5. The molecule has 2 rings (SSSR count). The molecule has 1 aromatic rings. The van der Waals surface area contributed by atoms with Crippen LogP contribution < -0.4 is 5.32 Å². The molecule has 2 atom stereocenters. The Labute approximate surface area is 112 Å². The van der Waals surface area contributed by atoms with Crippen molar-refractivity contribution in [3.8, 4) is 0 Å². The summed E-state index contributed by atoms with van der Waals surface area (Å²) < 4.78 is 0. The lowest BCUT2D eigenvalue weighted by Crippen LogP contribution is -2.29. The van der Waals surface area contributed by atoms with Crippen molar-refractivity contribution in [1.82, 2.24) is 10.3 Å². The predicted octanol–water partition coefficient (Wildman–Crippen LogP) is 1.10. The van der Waals surface area contributed by atoms with Crippen LogP contribution in [0.25, 0.3) is 0 Å². The van der Waals surface area contributed by atoms with Gasteiger partial charge in [0.25, 0.3) is 0 Å². The predicted molar refractivity (Wildman–Crippen MR) is 69.3 cm³/mol. The van der Waals surface area contributed by atoms with E-state index in [-0.39, 0.29) is 5.91 Å². The van der Waals surface area contributed by atoms with Gasteiger partial charge in [0.15, 0.2) is 0 Å². The van der Waals surface area contributed by atoms with Crippen LogP contribution in [0.4, 0.5) is 0 Å². The molecule has 1 aliphatic carbocycles. The maximum absolute atomic E-state index is 11.9. The molecule has 2 unspecified atom stereocenters. The highest BCUT2D eigenvalue weighted by atomic mass is 16.4. The van der Waals surface area contributed by atoms with E-state index < -0.39 is 23.2 Å². The summed E-state index contributed by atoms with van der Waals surface area (Å²) in [6.07, 6.45) is 4.14. The molecule has 1 saturated carbocycles. The van der Waals surface area contributed by atoms with Gasteiger partial charge in [-0.2, -0.15) is 0 Å². The Hall–Kier alpha value is -1.91. The Bertz CT molecular complexity index is 485. The van der Waals surface area contributed by atoms with Gasteiger partial charge in [-0.05, 0) is 29.5 Å². The first-order valence-corrected chi connectivity index (χ1v) is 6.34. The van der Waals surface area contributed by atoms with Gasteiger partial charge in [-0.15, -0.1) is 0 Å². The van der Waals surface area contributed by atoms with Crippen LogP contribution in [0, 0.1) is 17.3 Å². The molecule has 5 nitrogen and oxygen atoms in total. The number of pyridine rings is 1. The lowest BCUT2D eigenvalue weighted by molar-refractivity contribution is -0.140. The zero-order chi connectivity index (χ0) is 14.0. The van der Waals surface area contributed by atoms with Crippen molar-refractivity contribution in [1.29, 1.82) is 0 Å². The lowest BCUT2D eigenvalue weighted by Gasteiger charge is -2.06. The van der Waals surface area contributed by atoms with Crippen molar-refractivity contribution in [3.63, 3.8) is 0 Å². The normalized spacial score (nSPS) is 23.7. The van der Waals surface area contributed by atoms with Gasteiger partial charge in [-0.1, -0.05) is 13.8 Å². The molecule has 0 radical (unpaired) electrons. The van der Waals surface area contributed by atoms with Crippen LogP contribution in [0.2, 0.25) is 0 Å². The number of aromatic nitrogens is 1. The molecule has 1 amide bonds. The van der Waals surface area contributed by atoms with E-state index >= 15 is 0 Å². The van der Waals surface area contributed by atoms with E-state index in [0.717, 1.165) is 12.0 Å². The van der Waals surface area contributed by atoms with Gasteiger partial charge in [-0.3, -0.25) is 14.6 Å². The van der Waals surface area contributed by atoms with E-state index in [1.54, 1.807) is 12.4 Å². The molecule has 5 heteroatoms. The van der Waals surface area contributed by atoms with E-state index in [9.17, 15) is 9.59 Å². The largest absolute Gasteiger partial charge is 0.481 e. The molecule has 2 N–H and O–H groups in total. The number of carboxylic acid groups (broad SMARTS) is 1. The first-order chi connectivity index (χ1) is 8.94. The van der Waals surface area contributed by atoms with Crippen LogP contribution in [0.1, 0.15) is 19.4 Å². The molecular weight excluding hydrogens is 244 g/mol. The summed E-state index contributed by atoms with van der Waals surface area (Å²) in [5.41, 5.74) is 0.659. The van der Waals surface area contributed by atoms with Crippen LogP contribution in [-0.4, -0.2) is 28.5 Å². The van der Waals surface area contributed by atoms with Gasteiger partial charge < -0.3 is 10.4 Å². The van der Waals surface area contributed by atoms with E-state index in [1.165, 1.54) is 0 Å². The van der Waals surface area contributed by atoms with Crippen LogP contribution in [-0.2, 0) is 16.0 Å². The zero-order valence-electron chi connectivity index (χ0n) is 11.1. The quantitative estimate of drug-likeness (QED) is 0.832. The highest BCUT2D eigenvalue weighted by Gasteiger charge is 2.65. The van der Waals surface area contributed by atoms with Crippen LogP contribution in [0.15, 0.2) is 24.5 Å². The Morgan fingerprint density at radius 1 is 1.32 bits per heavy atom. The number of carbonyl (C=O) groups excluding carboxylic acids is 1. The smallest absolute Gasteiger partial charge is 0.307 e. The number of aliphatic carboxylic acids is 1. The third kappa shape index (κ3) is 2.75. The fourth-order valence-corrected chi connectivity index (χ4v) is 2.58. The third-order valence-corrected chi connectivity index (χ3v) is 3.84. The van der Waals surface area contributed by atoms with Crippen LogP contribution >= 0.6 is 0 Å². The average Bonchev–Trinajstić information content (AvgIpc) is 2.94. The number of carboxylic acids is 1. The van der Waals surface area contributed by atoms with Crippen molar-refractivity contribution in [2.45, 2.75) is 20.3 Å². The molecule has 0 spiro atoms. The minimum atomic E-state index is -0.890. The second-order valence-electron chi connectivity index (χ2n) is 5.51. The number of carbonyl (C=O) groups is 2. The van der Waals surface area contributed by atoms with Gasteiger partial charge in [0, 0.05) is 18.9 Å². The second-order valence-corrected chi connectivity index (χ2v) is 5.51. The Morgan fingerprint density at radius 3 is 2.47 bits per heavy atom. The lowest BCUT2D eigenvalue weighted by atomic mass is 10.1. The summed E-state index contributed by atoms with van der Waals surface area (Å²) in [7, 11) is 0. The van der Waals surface area contributed by atoms with Crippen molar-refractivity contribution in [3.05, 3.63) is 30.1 Å². The molecule has 102 valence electrons. The van der Waals surface area contributed by atoms with E-state index in [0.29, 0.717) is 6.54 Å². The molecule has 0 aromatic carbocycles. The molecule has 1 fully saturated rings. The van der Waals surface area contributed by atoms with Crippen molar-refractivity contribution in [2.75, 3.05) is 6.54 Å². The summed E-state index contributed by atoms with van der Waals surface area (Å²) in [4.78, 5) is 26.9. The SMILES string of the molecule is CC1(C)C(C(=O)O)C1C(=O)NCCc1ccncc1. The zero-order valence-corrected chi connectivity index (χ0v) is 11.1. The third-order valence-electron chi connectivity index (χ3n) is 3.84. The van der Waals surface area contributed by atoms with Gasteiger partial charge in [-0.25, -0.2) is 0 Å². The van der Waals surface area contributed by atoms with E-state index in [1.807, 2.05) is 26.0 Å². The molecule has 1 heterocycles. The van der Waals surface area contributed by atoms with Gasteiger partial charge in [0.05, 0.1) is 11.8 Å². The van der Waals surface area contributed by atoms with Crippen molar-refractivity contribution in [2.24, 2.45) is 17.3 Å². The van der Waals surface area contributed by atoms with Gasteiger partial charge in [0.1, 0.15) is 0 Å². The molecule has 0 saturated heterocycles. The number of nitrogens with zero attached hydrogens (tertiary/aromatic N) is 1. The van der Waals surface area contributed by atoms with E-state index in [2.05, 4.69) is 10.3 Å². The Kier molecular flexibility index (Phi) is 3.55. The summed E-state index contributed by atoms with van der Waals surface area (Å²) >= 11 is 0. The number of rotatable bonds is 5. The minimum absolute atomic E-state index is 0.161. The minimum Gasteiger partial charge on any atom is -0.481 e. The second kappa shape index (κ2) is 4.99. The average molecular weight is 262 g/mol. The molecule has 0 bridgehead atoms. The summed E-state index contributed by atoms with van der Waals surface area (Å²) in [6, 6.07) is 3.79. The number of hydrogen-bond acceptors (Lipinski definition) is 3.